The van der Waals surface area contributed by atoms with E-state index in [1.807, 2.05) is 12.1 Å². The van der Waals surface area contributed by atoms with Crippen LogP contribution in [0.1, 0.15) is 0 Å². The van der Waals surface area contributed by atoms with Gasteiger partial charge in [0, 0.05) is 10.9 Å². The first-order valence-electron chi connectivity index (χ1n) is 6.86. The van der Waals surface area contributed by atoms with Crippen LogP contribution >= 0.6 is 11.6 Å². The van der Waals surface area contributed by atoms with Crippen LogP contribution in [0.3, 0.4) is 0 Å². The lowest BCUT2D eigenvalue weighted by Crippen LogP contribution is -1.87. The van der Waals surface area contributed by atoms with Gasteiger partial charge in [-0.25, -0.2) is 4.98 Å². The molecule has 1 aromatic heterocycles. The molecule has 0 aliphatic heterocycles. The molecule has 1 nitrogen and oxygen atoms in total. The Morgan fingerprint density at radius 2 is 1.33 bits per heavy atom. The summed E-state index contributed by atoms with van der Waals surface area (Å²) in [7, 11) is 0. The van der Waals surface area contributed by atoms with Gasteiger partial charge in [-0.15, -0.1) is 0 Å². The van der Waals surface area contributed by atoms with Crippen molar-refractivity contribution in [3.63, 3.8) is 0 Å². The van der Waals surface area contributed by atoms with Gasteiger partial charge in [0.2, 0.25) is 0 Å². The van der Waals surface area contributed by atoms with E-state index in [4.69, 9.17) is 11.6 Å². The largest absolute Gasteiger partial charge is 0.235 e. The lowest BCUT2D eigenvalue weighted by Gasteiger charge is -2.09. The number of halogens is 1. The maximum atomic E-state index is 6.09. The summed E-state index contributed by atoms with van der Waals surface area (Å²) < 4.78 is 0. The maximum absolute atomic E-state index is 6.09. The zero-order valence-electron chi connectivity index (χ0n) is 11.3. The van der Waals surface area contributed by atoms with Gasteiger partial charge in [0.25, 0.3) is 0 Å². The summed E-state index contributed by atoms with van der Waals surface area (Å²) in [6.45, 7) is 0. The molecule has 0 saturated carbocycles. The number of nitrogens with zero attached hydrogens (tertiary/aromatic N) is 1. The molecular weight excluding hydrogens is 278 g/mol. The minimum atomic E-state index is 0.523. The van der Waals surface area contributed by atoms with Crippen LogP contribution < -0.4 is 0 Å². The first-order chi connectivity index (χ1) is 10.3. The smallest absolute Gasteiger partial charge is 0.129 e. The number of hydrogen-bond donors (Lipinski definition) is 0. The highest BCUT2D eigenvalue weighted by molar-refractivity contribution is 6.30. The van der Waals surface area contributed by atoms with E-state index in [9.17, 15) is 0 Å². The number of aromatic nitrogens is 1. The molecule has 4 aromatic rings. The predicted molar refractivity (Wildman–Crippen MR) is 89.7 cm³/mol. The van der Waals surface area contributed by atoms with Crippen LogP contribution in [0.5, 0.6) is 0 Å². The molecule has 3 aromatic carbocycles. The van der Waals surface area contributed by atoms with Crippen molar-refractivity contribution < 1.29 is 0 Å². The Kier molecular flexibility index (Phi) is 2.87. The molecule has 2 heteroatoms. The third kappa shape index (κ3) is 2.07. The zero-order chi connectivity index (χ0) is 14.2. The maximum Gasteiger partial charge on any atom is 0.129 e. The molecule has 0 bridgehead atoms. The van der Waals surface area contributed by atoms with Crippen LogP contribution in [0, 0.1) is 0 Å². The Morgan fingerprint density at radius 3 is 2.24 bits per heavy atom. The number of hydrogen-bond acceptors (Lipinski definition) is 1. The minimum Gasteiger partial charge on any atom is -0.235 e. The van der Waals surface area contributed by atoms with Gasteiger partial charge in [0.05, 0.1) is 5.52 Å². The molecular formula is C19H12ClN. The molecule has 0 atom stereocenters. The summed E-state index contributed by atoms with van der Waals surface area (Å²) in [4.78, 5) is 4.52. The van der Waals surface area contributed by atoms with Crippen molar-refractivity contribution in [3.8, 4) is 11.1 Å². The first-order valence-corrected chi connectivity index (χ1v) is 7.24. The van der Waals surface area contributed by atoms with E-state index in [2.05, 4.69) is 65.6 Å². The highest BCUT2D eigenvalue weighted by Gasteiger charge is 2.08. The monoisotopic (exact) mass is 289 g/mol. The third-order valence-corrected chi connectivity index (χ3v) is 3.98. The van der Waals surface area contributed by atoms with Gasteiger partial charge >= 0.3 is 0 Å². The Morgan fingerprint density at radius 1 is 0.619 bits per heavy atom. The average molecular weight is 290 g/mol. The van der Waals surface area contributed by atoms with Gasteiger partial charge in [0.1, 0.15) is 5.15 Å². The van der Waals surface area contributed by atoms with E-state index < -0.39 is 0 Å². The lowest BCUT2D eigenvalue weighted by atomic mass is 9.96. The van der Waals surface area contributed by atoms with Crippen LogP contribution in [-0.4, -0.2) is 4.98 Å². The number of benzene rings is 3. The summed E-state index contributed by atoms with van der Waals surface area (Å²) in [5.41, 5.74) is 3.25. The molecule has 0 N–H and O–H groups in total. The van der Waals surface area contributed by atoms with Crippen LogP contribution in [0.2, 0.25) is 5.15 Å². The number of pyridine rings is 1. The standard InChI is InChI=1S/C19H12ClN/c20-18-12-11-14-7-4-10-17(19(14)21-18)16-9-3-6-13-5-1-2-8-15(13)16/h1-12H. The molecule has 0 aliphatic carbocycles. The van der Waals surface area contributed by atoms with E-state index >= 15 is 0 Å². The number of fused-ring (bicyclic) bond motifs is 2. The molecule has 0 amide bonds. The zero-order valence-corrected chi connectivity index (χ0v) is 12.0. The summed E-state index contributed by atoms with van der Waals surface area (Å²) in [5, 5.41) is 4.09. The van der Waals surface area contributed by atoms with E-state index in [-0.39, 0.29) is 0 Å². The second-order valence-corrected chi connectivity index (χ2v) is 5.43. The van der Waals surface area contributed by atoms with Gasteiger partial charge in [0.15, 0.2) is 0 Å². The van der Waals surface area contributed by atoms with Gasteiger partial charge in [-0.1, -0.05) is 72.3 Å². The second kappa shape index (κ2) is 4.87. The molecule has 0 saturated heterocycles. The molecule has 0 radical (unpaired) electrons. The fourth-order valence-electron chi connectivity index (χ4n) is 2.80. The van der Waals surface area contributed by atoms with Crippen molar-refractivity contribution in [2.45, 2.75) is 0 Å². The fourth-order valence-corrected chi connectivity index (χ4v) is 2.95. The molecule has 0 unspecified atom stereocenters. The van der Waals surface area contributed by atoms with E-state index in [0.29, 0.717) is 5.15 Å². The number of rotatable bonds is 1. The summed E-state index contributed by atoms with van der Waals surface area (Å²) in [6, 6.07) is 24.8. The Bertz CT molecular complexity index is 954. The van der Waals surface area contributed by atoms with Crippen molar-refractivity contribution in [2.24, 2.45) is 0 Å². The minimum absolute atomic E-state index is 0.523. The normalized spacial score (nSPS) is 11.1. The Hall–Kier alpha value is -2.38. The van der Waals surface area contributed by atoms with Gasteiger partial charge in [-0.2, -0.15) is 0 Å². The predicted octanol–water partition coefficient (Wildman–Crippen LogP) is 5.71. The van der Waals surface area contributed by atoms with Crippen molar-refractivity contribution in [1.82, 2.24) is 4.98 Å². The van der Waals surface area contributed by atoms with Gasteiger partial charge < -0.3 is 0 Å². The summed E-state index contributed by atoms with van der Waals surface area (Å²) in [6.07, 6.45) is 0. The van der Waals surface area contributed by atoms with Crippen molar-refractivity contribution >= 4 is 33.3 Å². The van der Waals surface area contributed by atoms with Crippen LogP contribution in [0.15, 0.2) is 72.8 Å². The van der Waals surface area contributed by atoms with Crippen molar-refractivity contribution in [2.75, 3.05) is 0 Å². The van der Waals surface area contributed by atoms with Crippen molar-refractivity contribution in [1.29, 1.82) is 0 Å². The summed E-state index contributed by atoms with van der Waals surface area (Å²) in [5.74, 6) is 0. The molecule has 4 rings (SSSR count). The molecule has 1 heterocycles. The van der Waals surface area contributed by atoms with E-state index in [1.165, 1.54) is 16.3 Å². The molecule has 21 heavy (non-hydrogen) atoms. The average Bonchev–Trinajstić information content (AvgIpc) is 2.54. The number of para-hydroxylation sites is 1. The highest BCUT2D eigenvalue weighted by Crippen LogP contribution is 2.33. The van der Waals surface area contributed by atoms with E-state index in [1.54, 1.807) is 0 Å². The molecule has 0 fully saturated rings. The van der Waals surface area contributed by atoms with Gasteiger partial charge in [-0.3, -0.25) is 0 Å². The summed E-state index contributed by atoms with van der Waals surface area (Å²) >= 11 is 6.09. The quantitative estimate of drug-likeness (QED) is 0.409. The van der Waals surface area contributed by atoms with Crippen LogP contribution in [-0.2, 0) is 0 Å². The van der Waals surface area contributed by atoms with Crippen LogP contribution in [0.4, 0.5) is 0 Å². The molecule has 0 aliphatic rings. The topological polar surface area (TPSA) is 12.9 Å². The fraction of sp³-hybridized carbons (Fsp3) is 0. The lowest BCUT2D eigenvalue weighted by molar-refractivity contribution is 1.41. The third-order valence-electron chi connectivity index (χ3n) is 3.77. The highest BCUT2D eigenvalue weighted by atomic mass is 35.5. The Balaban J connectivity index is 2.12. The molecule has 100 valence electrons. The van der Waals surface area contributed by atoms with Gasteiger partial charge in [-0.05, 0) is 28.5 Å². The Labute approximate surface area is 127 Å². The van der Waals surface area contributed by atoms with Crippen molar-refractivity contribution in [3.05, 3.63) is 77.9 Å². The second-order valence-electron chi connectivity index (χ2n) is 5.04. The van der Waals surface area contributed by atoms with Crippen LogP contribution in [0.25, 0.3) is 32.8 Å². The first kappa shape index (κ1) is 12.4. The SMILES string of the molecule is Clc1ccc2cccc(-c3cccc4ccccc34)c2n1. The molecule has 0 spiro atoms. The van der Waals surface area contributed by atoms with E-state index in [0.717, 1.165) is 16.5 Å².